The fourth-order valence-electron chi connectivity index (χ4n) is 1.02. The lowest BCUT2D eigenvalue weighted by atomic mass is 10.1. The lowest BCUT2D eigenvalue weighted by molar-refractivity contribution is 0.369. The number of pyridine rings is 1. The summed E-state index contributed by atoms with van der Waals surface area (Å²) in [6.07, 6.45) is 1.87. The molecule has 0 aliphatic carbocycles. The molecule has 0 saturated heterocycles. The molecule has 1 aromatic heterocycles. The molecule has 0 aliphatic rings. The fourth-order valence-corrected chi connectivity index (χ4v) is 1.02. The first-order chi connectivity index (χ1) is 6.15. The molecule has 2 heteroatoms. The van der Waals surface area contributed by atoms with Gasteiger partial charge in [0.05, 0.1) is 7.11 Å². The molecule has 1 rings (SSSR count). The summed E-state index contributed by atoms with van der Waals surface area (Å²) in [6, 6.07) is 3.98. The molecule has 0 atom stereocenters. The summed E-state index contributed by atoms with van der Waals surface area (Å²) in [5, 5.41) is 0. The molecule has 70 valence electrons. The van der Waals surface area contributed by atoms with Crippen LogP contribution in [0.2, 0.25) is 0 Å². The van der Waals surface area contributed by atoms with Crippen LogP contribution in [0.3, 0.4) is 0 Å². The third kappa shape index (κ3) is 2.31. The first kappa shape index (κ1) is 9.78. The van der Waals surface area contributed by atoms with Crippen molar-refractivity contribution >= 4 is 5.76 Å². The van der Waals surface area contributed by atoms with Crippen LogP contribution in [0, 0.1) is 0 Å². The fraction of sp³-hybridized carbons (Fsp3) is 0.364. The van der Waals surface area contributed by atoms with E-state index in [2.05, 4.69) is 31.5 Å². The number of ether oxygens (including phenoxy) is 1. The highest BCUT2D eigenvalue weighted by Gasteiger charge is 2.02. The van der Waals surface area contributed by atoms with Gasteiger partial charge in [-0.3, -0.25) is 4.98 Å². The SMILES string of the molecule is C=C(OC)c1ccc(C(C)C)cn1. The number of methoxy groups -OCH3 is 1. The predicted molar refractivity (Wildman–Crippen MR) is 54.4 cm³/mol. The summed E-state index contributed by atoms with van der Waals surface area (Å²) in [6.45, 7) is 8.01. The minimum absolute atomic E-state index is 0.511. The minimum atomic E-state index is 0.511. The molecule has 0 radical (unpaired) electrons. The van der Waals surface area contributed by atoms with Gasteiger partial charge < -0.3 is 4.74 Å². The quantitative estimate of drug-likeness (QED) is 0.662. The van der Waals surface area contributed by atoms with Crippen LogP contribution < -0.4 is 0 Å². The smallest absolute Gasteiger partial charge is 0.137 e. The van der Waals surface area contributed by atoms with Gasteiger partial charge in [-0.15, -0.1) is 0 Å². The Bertz CT molecular complexity index is 287. The maximum Gasteiger partial charge on any atom is 0.137 e. The highest BCUT2D eigenvalue weighted by Crippen LogP contribution is 2.15. The van der Waals surface area contributed by atoms with Crippen molar-refractivity contribution in [3.05, 3.63) is 36.2 Å². The van der Waals surface area contributed by atoms with E-state index in [0.717, 1.165) is 5.69 Å². The van der Waals surface area contributed by atoms with Gasteiger partial charge in [-0.05, 0) is 17.5 Å². The Labute approximate surface area is 79.3 Å². The molecular weight excluding hydrogens is 162 g/mol. The largest absolute Gasteiger partial charge is 0.495 e. The van der Waals surface area contributed by atoms with Crippen molar-refractivity contribution in [3.63, 3.8) is 0 Å². The van der Waals surface area contributed by atoms with Crippen molar-refractivity contribution in [1.82, 2.24) is 4.98 Å². The van der Waals surface area contributed by atoms with Gasteiger partial charge in [0.15, 0.2) is 0 Å². The van der Waals surface area contributed by atoms with E-state index in [1.54, 1.807) is 7.11 Å². The van der Waals surface area contributed by atoms with E-state index in [4.69, 9.17) is 4.74 Å². The molecular formula is C11H15NO. The summed E-state index contributed by atoms with van der Waals surface area (Å²) >= 11 is 0. The van der Waals surface area contributed by atoms with Crippen molar-refractivity contribution in [1.29, 1.82) is 0 Å². The first-order valence-corrected chi connectivity index (χ1v) is 4.34. The van der Waals surface area contributed by atoms with Crippen molar-refractivity contribution in [2.45, 2.75) is 19.8 Å². The number of hydrogen-bond acceptors (Lipinski definition) is 2. The van der Waals surface area contributed by atoms with Gasteiger partial charge in [0.2, 0.25) is 0 Å². The molecule has 0 aromatic carbocycles. The first-order valence-electron chi connectivity index (χ1n) is 4.34. The van der Waals surface area contributed by atoms with E-state index < -0.39 is 0 Å². The molecule has 0 aliphatic heterocycles. The van der Waals surface area contributed by atoms with Crippen LogP contribution in [-0.2, 0) is 4.74 Å². The van der Waals surface area contributed by atoms with Crippen molar-refractivity contribution < 1.29 is 4.74 Å². The molecule has 0 unspecified atom stereocenters. The zero-order valence-corrected chi connectivity index (χ0v) is 8.37. The minimum Gasteiger partial charge on any atom is -0.495 e. The second kappa shape index (κ2) is 4.08. The third-order valence-electron chi connectivity index (χ3n) is 1.99. The van der Waals surface area contributed by atoms with Crippen LogP contribution in [0.25, 0.3) is 5.76 Å². The summed E-state index contributed by atoms with van der Waals surface area (Å²) in [5.74, 6) is 1.12. The maximum atomic E-state index is 4.98. The van der Waals surface area contributed by atoms with Crippen LogP contribution in [0.5, 0.6) is 0 Å². The lowest BCUT2D eigenvalue weighted by Gasteiger charge is -2.06. The van der Waals surface area contributed by atoms with E-state index in [0.29, 0.717) is 11.7 Å². The zero-order valence-electron chi connectivity index (χ0n) is 8.37. The van der Waals surface area contributed by atoms with E-state index in [1.807, 2.05) is 12.3 Å². The maximum absolute atomic E-state index is 4.98. The van der Waals surface area contributed by atoms with Crippen molar-refractivity contribution in [2.24, 2.45) is 0 Å². The zero-order chi connectivity index (χ0) is 9.84. The molecule has 0 amide bonds. The van der Waals surface area contributed by atoms with Crippen LogP contribution >= 0.6 is 0 Å². The Morgan fingerprint density at radius 1 is 1.46 bits per heavy atom. The molecule has 2 nitrogen and oxygen atoms in total. The Morgan fingerprint density at radius 2 is 2.15 bits per heavy atom. The summed E-state index contributed by atoms with van der Waals surface area (Å²) < 4.78 is 4.98. The third-order valence-corrected chi connectivity index (χ3v) is 1.99. The molecule has 13 heavy (non-hydrogen) atoms. The van der Waals surface area contributed by atoms with Gasteiger partial charge >= 0.3 is 0 Å². The molecule has 0 fully saturated rings. The van der Waals surface area contributed by atoms with Gasteiger partial charge in [0, 0.05) is 6.20 Å². The second-order valence-electron chi connectivity index (χ2n) is 3.26. The molecule has 1 aromatic rings. The van der Waals surface area contributed by atoms with E-state index in [1.165, 1.54) is 5.56 Å². The summed E-state index contributed by atoms with van der Waals surface area (Å²) in [5.41, 5.74) is 2.03. The lowest BCUT2D eigenvalue weighted by Crippen LogP contribution is -1.93. The Hall–Kier alpha value is -1.31. The summed E-state index contributed by atoms with van der Waals surface area (Å²) in [7, 11) is 1.60. The van der Waals surface area contributed by atoms with E-state index in [9.17, 15) is 0 Å². The van der Waals surface area contributed by atoms with Crippen molar-refractivity contribution in [3.8, 4) is 0 Å². The topological polar surface area (TPSA) is 22.1 Å². The molecule has 0 spiro atoms. The summed E-state index contributed by atoms with van der Waals surface area (Å²) in [4.78, 5) is 4.25. The monoisotopic (exact) mass is 177 g/mol. The van der Waals surface area contributed by atoms with E-state index >= 15 is 0 Å². The molecule has 0 N–H and O–H groups in total. The van der Waals surface area contributed by atoms with Gasteiger partial charge in [0.1, 0.15) is 11.5 Å². The normalized spacial score (nSPS) is 10.2. The Balaban J connectivity index is 2.87. The Kier molecular flexibility index (Phi) is 3.07. The average molecular weight is 177 g/mol. The average Bonchev–Trinajstić information content (AvgIpc) is 2.17. The van der Waals surface area contributed by atoms with Gasteiger partial charge in [-0.25, -0.2) is 0 Å². The standard InChI is InChI=1S/C11H15NO/c1-8(2)10-5-6-11(12-7-10)9(3)13-4/h5-8H,3H2,1-2,4H3. The van der Waals surface area contributed by atoms with E-state index in [-0.39, 0.29) is 0 Å². The molecule has 0 bridgehead atoms. The molecule has 0 saturated carbocycles. The van der Waals surface area contributed by atoms with Crippen LogP contribution in [0.1, 0.15) is 31.0 Å². The van der Waals surface area contributed by atoms with Crippen LogP contribution in [-0.4, -0.2) is 12.1 Å². The van der Waals surface area contributed by atoms with Crippen LogP contribution in [0.4, 0.5) is 0 Å². The van der Waals surface area contributed by atoms with Crippen LogP contribution in [0.15, 0.2) is 24.9 Å². The van der Waals surface area contributed by atoms with Gasteiger partial charge in [0.25, 0.3) is 0 Å². The highest BCUT2D eigenvalue weighted by atomic mass is 16.5. The molecule has 1 heterocycles. The number of hydrogen-bond donors (Lipinski definition) is 0. The van der Waals surface area contributed by atoms with Crippen molar-refractivity contribution in [2.75, 3.05) is 7.11 Å². The van der Waals surface area contributed by atoms with Gasteiger partial charge in [-0.1, -0.05) is 26.5 Å². The number of aromatic nitrogens is 1. The number of rotatable bonds is 3. The Morgan fingerprint density at radius 3 is 2.54 bits per heavy atom. The van der Waals surface area contributed by atoms with Gasteiger partial charge in [-0.2, -0.15) is 0 Å². The predicted octanol–water partition coefficient (Wildman–Crippen LogP) is 2.82. The highest BCUT2D eigenvalue weighted by molar-refractivity contribution is 5.53. The second-order valence-corrected chi connectivity index (χ2v) is 3.26. The number of nitrogens with zero attached hydrogens (tertiary/aromatic N) is 1.